The van der Waals surface area contributed by atoms with Crippen molar-refractivity contribution in [3.8, 4) is 0 Å². The molecule has 0 saturated heterocycles. The molecule has 0 aliphatic heterocycles. The van der Waals surface area contributed by atoms with E-state index in [2.05, 4.69) is 20.8 Å². The number of nitrogens with zero attached hydrogens (tertiary/aromatic N) is 1. The molecule has 1 rings (SSSR count). The third kappa shape index (κ3) is 2.00. The predicted octanol–water partition coefficient (Wildman–Crippen LogP) is 2.13. The summed E-state index contributed by atoms with van der Waals surface area (Å²) in [5.41, 5.74) is 3.73. The van der Waals surface area contributed by atoms with Crippen molar-refractivity contribution in [2.75, 3.05) is 0 Å². The van der Waals surface area contributed by atoms with Crippen LogP contribution in [0.2, 0.25) is 0 Å². The lowest BCUT2D eigenvalue weighted by Crippen LogP contribution is -2.32. The minimum atomic E-state index is 0.141. The summed E-state index contributed by atoms with van der Waals surface area (Å²) >= 11 is 0. The summed E-state index contributed by atoms with van der Waals surface area (Å²) in [6.45, 7) is 10.6. The van der Waals surface area contributed by atoms with Gasteiger partial charge in [0.25, 0.3) is 0 Å². The number of pyridine rings is 1. The molecule has 0 fully saturated rings. The van der Waals surface area contributed by atoms with Crippen LogP contribution in [0.3, 0.4) is 0 Å². The van der Waals surface area contributed by atoms with Gasteiger partial charge in [0.2, 0.25) is 12.4 Å². The second kappa shape index (κ2) is 3.02. The Morgan fingerprint density at radius 2 is 1.46 bits per heavy atom. The molecular weight excluding hydrogens is 162 g/mol. The highest BCUT2D eigenvalue weighted by atomic mass is 16.5. The quantitative estimate of drug-likeness (QED) is 0.480. The van der Waals surface area contributed by atoms with Crippen LogP contribution >= 0.6 is 0 Å². The molecule has 0 atom stereocenters. The zero-order chi connectivity index (χ0) is 10.2. The normalized spacial score (nSPS) is 11.8. The van der Waals surface area contributed by atoms with Crippen molar-refractivity contribution in [1.82, 2.24) is 0 Å². The van der Waals surface area contributed by atoms with E-state index in [0.29, 0.717) is 0 Å². The molecule has 1 aromatic rings. The summed E-state index contributed by atoms with van der Waals surface area (Å²) in [5, 5.41) is 9.30. The summed E-state index contributed by atoms with van der Waals surface area (Å²) in [6.07, 6.45) is 3.49. The SMILES string of the molecule is Cc1c[n+](O)cc(C)c1C(C)(C)C. The molecule has 1 heterocycles. The molecule has 0 saturated carbocycles. The predicted molar refractivity (Wildman–Crippen MR) is 52.0 cm³/mol. The van der Waals surface area contributed by atoms with Gasteiger partial charge in [0.1, 0.15) is 0 Å². The number of hydrogen-bond donors (Lipinski definition) is 1. The maximum absolute atomic E-state index is 9.30. The van der Waals surface area contributed by atoms with Crippen LogP contribution in [-0.2, 0) is 5.41 Å². The fraction of sp³-hybridized carbons (Fsp3) is 0.545. The maximum atomic E-state index is 9.30. The largest absolute Gasteiger partial charge is 0.285 e. The van der Waals surface area contributed by atoms with Crippen LogP contribution in [-0.4, -0.2) is 5.21 Å². The molecule has 0 spiro atoms. The Labute approximate surface area is 79.8 Å². The van der Waals surface area contributed by atoms with Gasteiger partial charge in [-0.1, -0.05) is 20.8 Å². The molecule has 0 amide bonds. The van der Waals surface area contributed by atoms with Gasteiger partial charge in [-0.2, -0.15) is 0 Å². The molecule has 0 aromatic carbocycles. The maximum Gasteiger partial charge on any atom is 0.225 e. The number of aromatic nitrogens is 1. The number of hydrogen-bond acceptors (Lipinski definition) is 1. The average Bonchev–Trinajstić information content (AvgIpc) is 1.78. The van der Waals surface area contributed by atoms with E-state index >= 15 is 0 Å². The van der Waals surface area contributed by atoms with Crippen molar-refractivity contribution < 1.29 is 9.94 Å². The monoisotopic (exact) mass is 180 g/mol. The molecule has 0 unspecified atom stereocenters. The lowest BCUT2D eigenvalue weighted by Gasteiger charge is -2.22. The van der Waals surface area contributed by atoms with E-state index in [1.807, 2.05) is 13.8 Å². The van der Waals surface area contributed by atoms with Gasteiger partial charge in [0, 0.05) is 15.9 Å². The van der Waals surface area contributed by atoms with Crippen LogP contribution < -0.4 is 4.73 Å². The first-order valence-electron chi connectivity index (χ1n) is 4.54. The molecule has 0 aliphatic rings. The van der Waals surface area contributed by atoms with Crippen LogP contribution in [0, 0.1) is 13.8 Å². The summed E-state index contributed by atoms with van der Waals surface area (Å²) in [6, 6.07) is 0. The Bertz CT molecular complexity index is 300. The zero-order valence-corrected chi connectivity index (χ0v) is 9.05. The topological polar surface area (TPSA) is 24.1 Å². The molecule has 0 radical (unpaired) electrons. The highest BCUT2D eigenvalue weighted by Gasteiger charge is 2.21. The molecule has 0 aliphatic carbocycles. The van der Waals surface area contributed by atoms with Gasteiger partial charge in [0.15, 0.2) is 0 Å². The van der Waals surface area contributed by atoms with Crippen LogP contribution in [0.25, 0.3) is 0 Å². The van der Waals surface area contributed by atoms with Crippen LogP contribution in [0.5, 0.6) is 0 Å². The summed E-state index contributed by atoms with van der Waals surface area (Å²) in [4.78, 5) is 0. The molecule has 1 N–H and O–H groups in total. The van der Waals surface area contributed by atoms with Gasteiger partial charge in [0.05, 0.1) is 0 Å². The van der Waals surface area contributed by atoms with E-state index in [-0.39, 0.29) is 5.41 Å². The molecular formula is C11H18NO+. The average molecular weight is 180 g/mol. The van der Waals surface area contributed by atoms with Crippen molar-refractivity contribution >= 4 is 0 Å². The lowest BCUT2D eigenvalue weighted by molar-refractivity contribution is -0.905. The lowest BCUT2D eigenvalue weighted by atomic mass is 9.82. The van der Waals surface area contributed by atoms with Crippen LogP contribution in [0.4, 0.5) is 0 Å². The summed E-state index contributed by atoms with van der Waals surface area (Å²) in [7, 11) is 0. The van der Waals surface area contributed by atoms with Crippen molar-refractivity contribution in [3.05, 3.63) is 29.1 Å². The van der Waals surface area contributed by atoms with Gasteiger partial charge in [-0.3, -0.25) is 5.21 Å². The third-order valence-electron chi connectivity index (χ3n) is 2.19. The first-order valence-corrected chi connectivity index (χ1v) is 4.54. The van der Waals surface area contributed by atoms with Crippen molar-refractivity contribution in [1.29, 1.82) is 0 Å². The fourth-order valence-electron chi connectivity index (χ4n) is 2.06. The Hall–Kier alpha value is -1.05. The van der Waals surface area contributed by atoms with Crippen molar-refractivity contribution in [3.63, 3.8) is 0 Å². The van der Waals surface area contributed by atoms with Gasteiger partial charge < -0.3 is 0 Å². The van der Waals surface area contributed by atoms with Crippen LogP contribution in [0.1, 0.15) is 37.5 Å². The van der Waals surface area contributed by atoms with E-state index in [9.17, 15) is 5.21 Å². The smallest absolute Gasteiger partial charge is 0.225 e. The molecule has 0 bridgehead atoms. The van der Waals surface area contributed by atoms with E-state index < -0.39 is 0 Å². The molecule has 72 valence electrons. The van der Waals surface area contributed by atoms with E-state index in [4.69, 9.17) is 0 Å². The Kier molecular flexibility index (Phi) is 2.33. The minimum absolute atomic E-state index is 0.141. The fourth-order valence-corrected chi connectivity index (χ4v) is 2.06. The summed E-state index contributed by atoms with van der Waals surface area (Å²) in [5.74, 6) is 0. The standard InChI is InChI=1S/C11H18NO/c1-8-6-12(13)7-9(2)10(8)11(3,4)5/h6-7,13H,1-5H3/q+1. The van der Waals surface area contributed by atoms with Gasteiger partial charge in [-0.25, -0.2) is 0 Å². The number of rotatable bonds is 0. The highest BCUT2D eigenvalue weighted by molar-refractivity contribution is 5.34. The second-order valence-electron chi connectivity index (χ2n) is 4.63. The number of aryl methyl sites for hydroxylation is 2. The van der Waals surface area contributed by atoms with Crippen molar-refractivity contribution in [2.24, 2.45) is 0 Å². The second-order valence-corrected chi connectivity index (χ2v) is 4.63. The van der Waals surface area contributed by atoms with Gasteiger partial charge in [-0.05, 0) is 24.8 Å². The van der Waals surface area contributed by atoms with Gasteiger partial charge >= 0.3 is 0 Å². The highest BCUT2D eigenvalue weighted by Crippen LogP contribution is 2.27. The van der Waals surface area contributed by atoms with E-state index in [1.165, 1.54) is 5.56 Å². The summed E-state index contributed by atoms with van der Waals surface area (Å²) < 4.78 is 1.12. The Morgan fingerprint density at radius 1 is 1.08 bits per heavy atom. The zero-order valence-electron chi connectivity index (χ0n) is 9.05. The molecule has 2 nitrogen and oxygen atoms in total. The molecule has 1 aromatic heterocycles. The third-order valence-corrected chi connectivity index (χ3v) is 2.19. The van der Waals surface area contributed by atoms with E-state index in [1.54, 1.807) is 12.4 Å². The van der Waals surface area contributed by atoms with Crippen molar-refractivity contribution in [2.45, 2.75) is 40.0 Å². The first-order chi connectivity index (χ1) is 5.82. The Balaban J connectivity index is 3.38. The van der Waals surface area contributed by atoms with Gasteiger partial charge in [-0.15, -0.1) is 0 Å². The minimum Gasteiger partial charge on any atom is -0.285 e. The molecule has 13 heavy (non-hydrogen) atoms. The first kappa shape index (κ1) is 10.0. The van der Waals surface area contributed by atoms with E-state index in [0.717, 1.165) is 15.9 Å². The molecule has 2 heteroatoms. The van der Waals surface area contributed by atoms with Crippen LogP contribution in [0.15, 0.2) is 12.4 Å². The Morgan fingerprint density at radius 3 is 1.77 bits per heavy atom.